The number of hydrogen-bond donors (Lipinski definition) is 1. The molecule has 0 unspecified atom stereocenters. The molecule has 0 atom stereocenters. The van der Waals surface area contributed by atoms with Crippen LogP contribution in [0.15, 0.2) is 23.0 Å². The molecule has 0 radical (unpaired) electrons. The molecule has 0 spiro atoms. The van der Waals surface area contributed by atoms with Crippen molar-refractivity contribution in [3.63, 3.8) is 0 Å². The van der Waals surface area contributed by atoms with Gasteiger partial charge >= 0.3 is 10.8 Å². The van der Waals surface area contributed by atoms with E-state index >= 15 is 0 Å². The number of aromatic nitrogens is 1. The number of nitrogens with zero attached hydrogens (tertiary/aromatic N) is 1. The maximum Gasteiger partial charge on any atom is 0.309 e. The van der Waals surface area contributed by atoms with Gasteiger partial charge in [-0.2, -0.15) is 0 Å². The number of halogens is 1. The Kier molecular flexibility index (Phi) is 3.49. The van der Waals surface area contributed by atoms with E-state index in [2.05, 4.69) is 4.74 Å². The lowest BCUT2D eigenvalue weighted by atomic mass is 10.3. The molecule has 94 valence electrons. The summed E-state index contributed by atoms with van der Waals surface area (Å²) in [6, 6.07) is 5.09. The van der Waals surface area contributed by atoms with Gasteiger partial charge in [0.1, 0.15) is 6.54 Å². The van der Waals surface area contributed by atoms with Crippen LogP contribution < -0.4 is 4.87 Å². The number of ether oxygens (including phenoxy) is 1. The van der Waals surface area contributed by atoms with Gasteiger partial charge in [-0.1, -0.05) is 22.9 Å². The fourth-order valence-corrected chi connectivity index (χ4v) is 2.57. The number of fused-ring (bicyclic) bond motifs is 1. The van der Waals surface area contributed by atoms with Gasteiger partial charge in [-0.25, -0.2) is 0 Å². The molecule has 7 heteroatoms. The Balaban J connectivity index is 2.41. The summed E-state index contributed by atoms with van der Waals surface area (Å²) in [4.78, 5) is 22.3. The summed E-state index contributed by atoms with van der Waals surface area (Å²) in [6.07, 6.45) is 0. The van der Waals surface area contributed by atoms with E-state index in [1.807, 2.05) is 0 Å². The van der Waals surface area contributed by atoms with E-state index in [0.717, 1.165) is 16.0 Å². The van der Waals surface area contributed by atoms with Gasteiger partial charge in [-0.3, -0.25) is 19.6 Å². The van der Waals surface area contributed by atoms with Gasteiger partial charge in [0.15, 0.2) is 0 Å². The molecule has 0 saturated heterocycles. The second kappa shape index (κ2) is 4.91. The third kappa shape index (κ3) is 2.60. The third-order valence-electron chi connectivity index (χ3n) is 2.20. The van der Waals surface area contributed by atoms with Crippen LogP contribution in [-0.4, -0.2) is 16.4 Å². The smallest absolute Gasteiger partial charge is 0.309 e. The maximum atomic E-state index is 11.8. The average Bonchev–Trinajstić information content (AvgIpc) is 2.55. The SMILES string of the molecule is CC(=O)OC(=N)Cn1c(=O)sc2ccc(Cl)cc21. The Bertz CT molecular complexity index is 689. The van der Waals surface area contributed by atoms with Crippen LogP contribution >= 0.6 is 22.9 Å². The number of hydrogen-bond acceptors (Lipinski definition) is 5. The van der Waals surface area contributed by atoms with Crippen molar-refractivity contribution < 1.29 is 9.53 Å². The molecule has 0 amide bonds. The summed E-state index contributed by atoms with van der Waals surface area (Å²) in [5.74, 6) is -0.852. The molecule has 2 aromatic rings. The highest BCUT2D eigenvalue weighted by atomic mass is 35.5. The van der Waals surface area contributed by atoms with E-state index < -0.39 is 5.97 Å². The predicted molar refractivity (Wildman–Crippen MR) is 70.6 cm³/mol. The van der Waals surface area contributed by atoms with Crippen molar-refractivity contribution >= 4 is 45.0 Å². The lowest BCUT2D eigenvalue weighted by molar-refractivity contribution is -0.133. The summed E-state index contributed by atoms with van der Waals surface area (Å²) in [7, 11) is 0. The molecule has 5 nitrogen and oxygen atoms in total. The van der Waals surface area contributed by atoms with Crippen LogP contribution in [0.25, 0.3) is 10.2 Å². The van der Waals surface area contributed by atoms with Crippen molar-refractivity contribution in [2.75, 3.05) is 0 Å². The van der Waals surface area contributed by atoms with E-state index in [1.165, 1.54) is 11.5 Å². The van der Waals surface area contributed by atoms with Crippen molar-refractivity contribution in [1.29, 1.82) is 5.41 Å². The van der Waals surface area contributed by atoms with Gasteiger partial charge < -0.3 is 4.74 Å². The first-order valence-corrected chi connectivity index (χ1v) is 6.21. The first-order chi connectivity index (χ1) is 8.47. The number of thiazole rings is 1. The molecule has 0 bridgehead atoms. The number of benzene rings is 1. The van der Waals surface area contributed by atoms with Crippen LogP contribution in [0, 0.1) is 5.41 Å². The van der Waals surface area contributed by atoms with Crippen molar-refractivity contribution in [3.8, 4) is 0 Å². The Morgan fingerprint density at radius 2 is 2.28 bits per heavy atom. The highest BCUT2D eigenvalue weighted by Crippen LogP contribution is 2.21. The summed E-state index contributed by atoms with van der Waals surface area (Å²) in [5, 5.41) is 8.00. The fraction of sp³-hybridized carbons (Fsp3) is 0.182. The van der Waals surface area contributed by atoms with Gasteiger partial charge in [0.05, 0.1) is 10.2 Å². The minimum Gasteiger partial charge on any atom is -0.410 e. The molecule has 0 aliphatic heterocycles. The molecule has 2 rings (SSSR count). The minimum atomic E-state index is -0.578. The standard InChI is InChI=1S/C11H9ClN2O3S/c1-6(15)17-10(13)5-14-8-4-7(12)2-3-9(8)18-11(14)16/h2-4,13H,5H2,1H3. The van der Waals surface area contributed by atoms with E-state index in [1.54, 1.807) is 18.2 Å². The zero-order valence-electron chi connectivity index (χ0n) is 9.40. The van der Waals surface area contributed by atoms with Gasteiger partial charge in [0, 0.05) is 11.9 Å². The van der Waals surface area contributed by atoms with Gasteiger partial charge in [0.2, 0.25) is 5.90 Å². The molecular formula is C11H9ClN2O3S. The van der Waals surface area contributed by atoms with E-state index in [9.17, 15) is 9.59 Å². The maximum absolute atomic E-state index is 11.8. The highest BCUT2D eigenvalue weighted by molar-refractivity contribution is 7.16. The normalized spacial score (nSPS) is 10.6. The number of esters is 1. The lowest BCUT2D eigenvalue weighted by Gasteiger charge is -2.05. The second-order valence-electron chi connectivity index (χ2n) is 3.58. The number of rotatable bonds is 2. The number of nitrogens with one attached hydrogen (secondary N) is 1. The summed E-state index contributed by atoms with van der Waals surface area (Å²) < 4.78 is 6.75. The van der Waals surface area contributed by atoms with Crippen LogP contribution in [0.3, 0.4) is 0 Å². The lowest BCUT2D eigenvalue weighted by Crippen LogP contribution is -2.21. The van der Waals surface area contributed by atoms with Crippen molar-refractivity contribution in [2.45, 2.75) is 13.5 Å². The van der Waals surface area contributed by atoms with E-state index in [0.29, 0.717) is 10.5 Å². The zero-order chi connectivity index (χ0) is 13.3. The van der Waals surface area contributed by atoms with E-state index in [-0.39, 0.29) is 17.3 Å². The van der Waals surface area contributed by atoms with Crippen molar-refractivity contribution in [2.24, 2.45) is 0 Å². The Hall–Kier alpha value is -1.66. The molecule has 1 aromatic heterocycles. The molecule has 1 N–H and O–H groups in total. The summed E-state index contributed by atoms with van der Waals surface area (Å²) in [6.45, 7) is 1.12. The van der Waals surface area contributed by atoms with Gasteiger partial charge in [0.25, 0.3) is 0 Å². The quantitative estimate of drug-likeness (QED) is 0.522. The van der Waals surface area contributed by atoms with Crippen LogP contribution in [0.4, 0.5) is 0 Å². The number of carbonyl (C=O) groups excluding carboxylic acids is 1. The fourth-order valence-electron chi connectivity index (χ4n) is 1.53. The average molecular weight is 285 g/mol. The molecule has 18 heavy (non-hydrogen) atoms. The molecule has 0 aliphatic carbocycles. The Morgan fingerprint density at radius 3 is 2.94 bits per heavy atom. The molecule has 0 saturated carbocycles. The topological polar surface area (TPSA) is 72.2 Å². The molecule has 1 heterocycles. The Morgan fingerprint density at radius 1 is 1.56 bits per heavy atom. The van der Waals surface area contributed by atoms with Crippen LogP contribution in [0.5, 0.6) is 0 Å². The van der Waals surface area contributed by atoms with Gasteiger partial charge in [-0.05, 0) is 18.2 Å². The molecule has 1 aromatic carbocycles. The predicted octanol–water partition coefficient (Wildman–Crippen LogP) is 2.26. The van der Waals surface area contributed by atoms with Crippen molar-refractivity contribution in [3.05, 3.63) is 32.9 Å². The Labute approximate surface area is 111 Å². The minimum absolute atomic E-state index is 0.0846. The van der Waals surface area contributed by atoms with Crippen molar-refractivity contribution in [1.82, 2.24) is 4.57 Å². The third-order valence-corrected chi connectivity index (χ3v) is 3.39. The molecule has 0 fully saturated rings. The van der Waals surface area contributed by atoms with Crippen LogP contribution in [0.1, 0.15) is 6.92 Å². The summed E-state index contributed by atoms with van der Waals surface area (Å²) >= 11 is 6.93. The first-order valence-electron chi connectivity index (χ1n) is 5.02. The van der Waals surface area contributed by atoms with E-state index in [4.69, 9.17) is 17.0 Å². The van der Waals surface area contributed by atoms with Gasteiger partial charge in [-0.15, -0.1) is 0 Å². The monoisotopic (exact) mass is 284 g/mol. The molecular weight excluding hydrogens is 276 g/mol. The van der Waals surface area contributed by atoms with Crippen LogP contribution in [0.2, 0.25) is 5.02 Å². The second-order valence-corrected chi connectivity index (χ2v) is 5.01. The van der Waals surface area contributed by atoms with Crippen LogP contribution in [-0.2, 0) is 16.1 Å². The molecule has 0 aliphatic rings. The first kappa shape index (κ1) is 12.8. The summed E-state index contributed by atoms with van der Waals surface area (Å²) in [5.41, 5.74) is 0.634. The number of carbonyl (C=O) groups is 1. The zero-order valence-corrected chi connectivity index (χ0v) is 11.0. The largest absolute Gasteiger partial charge is 0.410 e. The highest BCUT2D eigenvalue weighted by Gasteiger charge is 2.11.